The fraction of sp³-hybridized carbons (Fsp3) is 0.735. The summed E-state index contributed by atoms with van der Waals surface area (Å²) >= 11 is 0. The summed E-state index contributed by atoms with van der Waals surface area (Å²) in [6, 6.07) is -0.862. The molecule has 0 aromatic rings. The van der Waals surface area contributed by atoms with Gasteiger partial charge < -0.3 is 19.4 Å². The Labute approximate surface area is 481 Å². The summed E-state index contributed by atoms with van der Waals surface area (Å²) in [6.07, 6.45) is 76.9. The zero-order valence-corrected chi connectivity index (χ0v) is 52.3. The first-order chi connectivity index (χ1) is 37.9. The van der Waals surface area contributed by atoms with Crippen molar-refractivity contribution in [2.45, 2.75) is 283 Å². The summed E-state index contributed by atoms with van der Waals surface area (Å²) in [7, 11) is 1.47. The van der Waals surface area contributed by atoms with Gasteiger partial charge in [-0.15, -0.1) is 0 Å². The summed E-state index contributed by atoms with van der Waals surface area (Å²) in [5, 5.41) is 3.05. The van der Waals surface area contributed by atoms with E-state index in [1.165, 1.54) is 128 Å². The lowest BCUT2D eigenvalue weighted by Gasteiger charge is -2.27. The van der Waals surface area contributed by atoms with Gasteiger partial charge in [0.2, 0.25) is 5.91 Å². The number of quaternary nitrogens is 1. The van der Waals surface area contributed by atoms with Gasteiger partial charge in [-0.25, -0.2) is 4.57 Å². The molecule has 0 saturated carbocycles. The minimum absolute atomic E-state index is 0.0324. The quantitative estimate of drug-likeness (QED) is 0.0156. The van der Waals surface area contributed by atoms with E-state index in [2.05, 4.69) is 111 Å². The van der Waals surface area contributed by atoms with Gasteiger partial charge in [-0.2, -0.15) is 0 Å². The van der Waals surface area contributed by atoms with Crippen molar-refractivity contribution in [2.75, 3.05) is 40.9 Å². The Morgan fingerprint density at radius 2 is 0.872 bits per heavy atom. The summed E-state index contributed by atoms with van der Waals surface area (Å²) in [4.78, 5) is 37.7. The first kappa shape index (κ1) is 74.9. The number of rotatable bonds is 57. The molecule has 2 N–H and O–H groups in total. The number of amides is 1. The van der Waals surface area contributed by atoms with Crippen molar-refractivity contribution in [1.82, 2.24) is 5.32 Å². The Balaban J connectivity index is 5.17. The summed E-state index contributed by atoms with van der Waals surface area (Å²) in [5.41, 5.74) is 0. The van der Waals surface area contributed by atoms with Crippen molar-refractivity contribution in [3.05, 3.63) is 97.2 Å². The van der Waals surface area contributed by atoms with Crippen molar-refractivity contribution in [2.24, 2.45) is 0 Å². The van der Waals surface area contributed by atoms with E-state index in [1.54, 1.807) is 0 Å². The molecule has 450 valence electrons. The lowest BCUT2D eigenvalue weighted by Crippen LogP contribution is -2.47. The van der Waals surface area contributed by atoms with E-state index in [9.17, 15) is 19.0 Å². The van der Waals surface area contributed by atoms with Gasteiger partial charge in [-0.05, 0) is 96.0 Å². The number of carbonyl (C=O) groups excluding carboxylic acids is 2. The van der Waals surface area contributed by atoms with Crippen LogP contribution in [0.15, 0.2) is 97.2 Å². The van der Waals surface area contributed by atoms with Gasteiger partial charge in [-0.3, -0.25) is 18.6 Å². The molecule has 3 atom stereocenters. The van der Waals surface area contributed by atoms with Crippen LogP contribution in [0.25, 0.3) is 0 Å². The number of phosphoric acid groups is 1. The zero-order valence-electron chi connectivity index (χ0n) is 51.4. The van der Waals surface area contributed by atoms with Crippen LogP contribution in [0.1, 0.15) is 271 Å². The Morgan fingerprint density at radius 1 is 0.474 bits per heavy atom. The number of likely N-dealkylation sites (N-methyl/N-ethyl adjacent to an activating group) is 1. The molecular formula is C68H122N2O7P+. The molecule has 10 heteroatoms. The van der Waals surface area contributed by atoms with Gasteiger partial charge in [0.15, 0.2) is 0 Å². The molecule has 0 aliphatic heterocycles. The fourth-order valence-corrected chi connectivity index (χ4v) is 9.60. The minimum Gasteiger partial charge on any atom is -0.456 e. The van der Waals surface area contributed by atoms with Crippen molar-refractivity contribution < 1.29 is 37.3 Å². The van der Waals surface area contributed by atoms with Crippen molar-refractivity contribution in [3.63, 3.8) is 0 Å². The maximum atomic E-state index is 13.5. The van der Waals surface area contributed by atoms with Crippen molar-refractivity contribution in [3.8, 4) is 0 Å². The lowest BCUT2D eigenvalue weighted by molar-refractivity contribution is -0.870. The molecular weight excluding hydrogens is 988 g/mol. The van der Waals surface area contributed by atoms with E-state index in [1.807, 2.05) is 33.3 Å². The number of carbonyl (C=O) groups is 2. The molecule has 0 saturated heterocycles. The number of allylic oxidation sites excluding steroid dienone is 15. The monoisotopic (exact) mass is 1110 g/mol. The molecule has 0 aromatic carbocycles. The Kier molecular flexibility index (Phi) is 54.9. The molecule has 0 bridgehead atoms. The third-order valence-electron chi connectivity index (χ3n) is 13.8. The largest absolute Gasteiger partial charge is 0.472 e. The van der Waals surface area contributed by atoms with Crippen LogP contribution >= 0.6 is 7.82 Å². The topological polar surface area (TPSA) is 111 Å². The fourth-order valence-electron chi connectivity index (χ4n) is 8.86. The molecule has 0 rings (SSSR count). The lowest BCUT2D eigenvalue weighted by atomic mass is 10.0. The number of hydrogen-bond acceptors (Lipinski definition) is 6. The maximum Gasteiger partial charge on any atom is 0.472 e. The van der Waals surface area contributed by atoms with E-state index in [0.717, 1.165) is 109 Å². The predicted octanol–water partition coefficient (Wildman–Crippen LogP) is 19.9. The van der Waals surface area contributed by atoms with Gasteiger partial charge in [0.05, 0.1) is 33.8 Å². The second-order valence-electron chi connectivity index (χ2n) is 22.6. The van der Waals surface area contributed by atoms with Crippen LogP contribution in [0.4, 0.5) is 0 Å². The van der Waals surface area contributed by atoms with Gasteiger partial charge in [0, 0.05) is 12.8 Å². The second-order valence-corrected chi connectivity index (χ2v) is 24.1. The molecule has 0 aromatic heterocycles. The maximum absolute atomic E-state index is 13.5. The number of esters is 1. The highest BCUT2D eigenvalue weighted by molar-refractivity contribution is 7.47. The van der Waals surface area contributed by atoms with Crippen LogP contribution in [0.5, 0.6) is 0 Å². The van der Waals surface area contributed by atoms with E-state index in [0.29, 0.717) is 17.4 Å². The average molecular weight is 1110 g/mol. The molecule has 0 radical (unpaired) electrons. The van der Waals surface area contributed by atoms with Crippen LogP contribution < -0.4 is 5.32 Å². The standard InChI is InChI=1S/C68H121N2O7P/c1-7-10-13-16-19-22-25-28-30-31-32-33-34-35-36-37-38-39-41-43-46-49-52-55-58-61-68(72)77-66(59-56-53-50-47-44-27-24-21-18-15-12-9-3)65(64-76-78(73,74)75-63-62-70(4,5)6)69-67(71)60-57-54-51-48-45-42-40-29-26-23-20-17-14-11-8-2/h11,14,17,19-20,22-23,26,28,30,32-33,35-36,56,59,65-66H,7-10,12-13,15-16,18,21,24-25,27,29,31,34,37-55,57-58,60-64H2,1-6H3,(H-,69,71,73,74)/p+1/b14-11+,20-17+,22-19-,26-23+,30-28-,33-32-,36-35-,59-56-. The highest BCUT2D eigenvalue weighted by atomic mass is 31.2. The van der Waals surface area contributed by atoms with E-state index >= 15 is 0 Å². The predicted molar refractivity (Wildman–Crippen MR) is 337 cm³/mol. The van der Waals surface area contributed by atoms with E-state index in [-0.39, 0.29) is 31.5 Å². The molecule has 0 aliphatic rings. The number of ether oxygens (including phenoxy) is 1. The Morgan fingerprint density at radius 3 is 1.36 bits per heavy atom. The number of hydrogen-bond donors (Lipinski definition) is 2. The van der Waals surface area contributed by atoms with Crippen LogP contribution in [0.3, 0.4) is 0 Å². The van der Waals surface area contributed by atoms with Gasteiger partial charge in [0.25, 0.3) is 0 Å². The van der Waals surface area contributed by atoms with Crippen LogP contribution in [-0.2, 0) is 27.9 Å². The Hall–Kier alpha value is -3.07. The Bertz CT molecular complexity index is 1660. The van der Waals surface area contributed by atoms with Gasteiger partial charge in [0.1, 0.15) is 19.3 Å². The highest BCUT2D eigenvalue weighted by Gasteiger charge is 2.30. The third kappa shape index (κ3) is 57.6. The normalized spacial score (nSPS) is 14.3. The third-order valence-corrected chi connectivity index (χ3v) is 14.8. The van der Waals surface area contributed by atoms with Crippen LogP contribution in [0, 0.1) is 0 Å². The average Bonchev–Trinajstić information content (AvgIpc) is 3.40. The minimum atomic E-state index is -4.46. The molecule has 0 aliphatic carbocycles. The summed E-state index contributed by atoms with van der Waals surface area (Å²) in [5.74, 6) is -0.528. The van der Waals surface area contributed by atoms with Gasteiger partial charge >= 0.3 is 13.8 Å². The zero-order chi connectivity index (χ0) is 57.2. The summed E-state index contributed by atoms with van der Waals surface area (Å²) in [6.45, 7) is 6.84. The molecule has 1 amide bonds. The number of nitrogens with zero attached hydrogens (tertiary/aromatic N) is 1. The number of unbranched alkanes of at least 4 members (excludes halogenated alkanes) is 29. The van der Waals surface area contributed by atoms with E-state index < -0.39 is 20.0 Å². The molecule has 3 unspecified atom stereocenters. The van der Waals surface area contributed by atoms with Crippen molar-refractivity contribution in [1.29, 1.82) is 0 Å². The molecule has 9 nitrogen and oxygen atoms in total. The van der Waals surface area contributed by atoms with Crippen LogP contribution in [-0.4, -0.2) is 74.3 Å². The SMILES string of the molecule is CC/C=C/C=C/C=C/CCCCCCCCCC(=O)NC(COP(=O)(O)OCC[N+](C)(C)C)C(/C=C\CCCCCCCCCCCC)OC(=O)CCCCCCCCCCC/C=C\C/C=C\C/C=C\C/C=C\CCCCC. The molecule has 78 heavy (non-hydrogen) atoms. The first-order valence-electron chi connectivity index (χ1n) is 32.1. The molecule has 0 heterocycles. The number of nitrogens with one attached hydrogen (secondary N) is 1. The van der Waals surface area contributed by atoms with Crippen molar-refractivity contribution >= 4 is 19.7 Å². The van der Waals surface area contributed by atoms with Crippen LogP contribution in [0.2, 0.25) is 0 Å². The first-order valence-corrected chi connectivity index (χ1v) is 33.6. The second kappa shape index (κ2) is 57.2. The number of phosphoric ester groups is 1. The highest BCUT2D eigenvalue weighted by Crippen LogP contribution is 2.43. The smallest absolute Gasteiger partial charge is 0.456 e. The summed E-state index contributed by atoms with van der Waals surface area (Å²) < 4.78 is 30.7. The van der Waals surface area contributed by atoms with Gasteiger partial charge in [-0.1, -0.05) is 260 Å². The molecule has 0 fully saturated rings. The van der Waals surface area contributed by atoms with E-state index in [4.69, 9.17) is 13.8 Å². The molecule has 0 spiro atoms.